The van der Waals surface area contributed by atoms with Gasteiger partial charge in [-0.2, -0.15) is 0 Å². The molecule has 0 aromatic rings. The van der Waals surface area contributed by atoms with Gasteiger partial charge >= 0.3 is 0 Å². The Bertz CT molecular complexity index is 165. The van der Waals surface area contributed by atoms with Crippen LogP contribution in [0.25, 0.3) is 0 Å². The molecule has 2 nitrogen and oxygen atoms in total. The largest absolute Gasteiger partial charge is 0.550 e. The minimum Gasteiger partial charge on any atom is -0.550 e. The number of aliphatic carboxylic acids is 1. The van der Waals surface area contributed by atoms with Crippen molar-refractivity contribution in [2.24, 2.45) is 5.92 Å². The van der Waals surface area contributed by atoms with Crippen molar-refractivity contribution in [3.63, 3.8) is 0 Å². The fourth-order valence-corrected chi connectivity index (χ4v) is 2.40. The van der Waals surface area contributed by atoms with E-state index in [-0.39, 0.29) is 5.92 Å². The van der Waals surface area contributed by atoms with E-state index in [4.69, 9.17) is 0 Å². The number of carbonyl (C=O) groups excluding carboxylic acids is 1. The van der Waals surface area contributed by atoms with Gasteiger partial charge in [0, 0.05) is 5.97 Å². The molecule has 1 aliphatic rings. The molecule has 88 valence electrons. The molecule has 1 fully saturated rings. The fraction of sp³-hybridized carbons (Fsp3) is 0.923. The van der Waals surface area contributed by atoms with Gasteiger partial charge in [0.25, 0.3) is 0 Å². The van der Waals surface area contributed by atoms with E-state index in [0.717, 1.165) is 25.7 Å². The smallest absolute Gasteiger partial charge is 0.0445 e. The molecule has 0 heterocycles. The zero-order chi connectivity index (χ0) is 10.9. The molecular formula is C13H23O2-. The Kier molecular flexibility index (Phi) is 6.45. The van der Waals surface area contributed by atoms with Crippen molar-refractivity contribution in [3.8, 4) is 0 Å². The first-order valence-corrected chi connectivity index (χ1v) is 6.51. The summed E-state index contributed by atoms with van der Waals surface area (Å²) in [7, 11) is 0. The van der Waals surface area contributed by atoms with Crippen LogP contribution in [-0.4, -0.2) is 5.97 Å². The Balaban J connectivity index is 2.28. The maximum atomic E-state index is 10.9. The minimum atomic E-state index is -0.827. The molecule has 0 N–H and O–H groups in total. The fourth-order valence-electron chi connectivity index (χ4n) is 2.40. The second kappa shape index (κ2) is 7.72. The SMILES string of the molecule is O=C([O-])C1CCCCCCCCCCC1. The van der Waals surface area contributed by atoms with Crippen LogP contribution in [0.5, 0.6) is 0 Å². The first-order valence-electron chi connectivity index (χ1n) is 6.51. The number of carboxylic acid groups (broad SMARTS) is 1. The quantitative estimate of drug-likeness (QED) is 0.669. The van der Waals surface area contributed by atoms with E-state index in [9.17, 15) is 9.90 Å². The molecule has 0 amide bonds. The number of hydrogen-bond donors (Lipinski definition) is 0. The number of hydrogen-bond acceptors (Lipinski definition) is 2. The summed E-state index contributed by atoms with van der Waals surface area (Å²) < 4.78 is 0. The maximum absolute atomic E-state index is 10.9. The summed E-state index contributed by atoms with van der Waals surface area (Å²) in [5, 5.41) is 10.9. The summed E-state index contributed by atoms with van der Waals surface area (Å²) in [5.74, 6) is -1.00. The molecule has 0 unspecified atom stereocenters. The lowest BCUT2D eigenvalue weighted by Crippen LogP contribution is -2.31. The second-order valence-corrected chi connectivity index (χ2v) is 4.78. The van der Waals surface area contributed by atoms with Gasteiger partial charge in [-0.05, 0) is 18.8 Å². The molecule has 1 saturated carbocycles. The van der Waals surface area contributed by atoms with Crippen molar-refractivity contribution in [2.45, 2.75) is 70.6 Å². The van der Waals surface area contributed by atoms with E-state index in [0.29, 0.717) is 0 Å². The monoisotopic (exact) mass is 211 g/mol. The molecule has 0 bridgehead atoms. The molecule has 0 radical (unpaired) electrons. The summed E-state index contributed by atoms with van der Waals surface area (Å²) >= 11 is 0. The molecule has 0 atom stereocenters. The highest BCUT2D eigenvalue weighted by Crippen LogP contribution is 2.20. The van der Waals surface area contributed by atoms with Crippen molar-refractivity contribution >= 4 is 5.97 Å². The molecule has 1 rings (SSSR count). The van der Waals surface area contributed by atoms with Gasteiger partial charge in [0.2, 0.25) is 0 Å². The highest BCUT2D eigenvalue weighted by Gasteiger charge is 2.09. The van der Waals surface area contributed by atoms with Gasteiger partial charge in [0.05, 0.1) is 0 Å². The van der Waals surface area contributed by atoms with E-state index in [1.54, 1.807) is 0 Å². The highest BCUT2D eigenvalue weighted by atomic mass is 16.4. The number of rotatable bonds is 1. The Hall–Kier alpha value is -0.530. The summed E-state index contributed by atoms with van der Waals surface area (Å²) in [6.07, 6.45) is 12.8. The zero-order valence-corrected chi connectivity index (χ0v) is 9.67. The third-order valence-electron chi connectivity index (χ3n) is 3.44. The lowest BCUT2D eigenvalue weighted by molar-refractivity contribution is -0.312. The van der Waals surface area contributed by atoms with Crippen molar-refractivity contribution < 1.29 is 9.90 Å². The molecule has 0 saturated heterocycles. The maximum Gasteiger partial charge on any atom is 0.0445 e. The van der Waals surface area contributed by atoms with E-state index in [2.05, 4.69) is 0 Å². The topological polar surface area (TPSA) is 40.1 Å². The van der Waals surface area contributed by atoms with Crippen LogP contribution in [0.1, 0.15) is 70.6 Å². The Morgan fingerprint density at radius 3 is 1.40 bits per heavy atom. The second-order valence-electron chi connectivity index (χ2n) is 4.78. The average molecular weight is 211 g/mol. The van der Waals surface area contributed by atoms with Gasteiger partial charge < -0.3 is 9.90 Å². The van der Waals surface area contributed by atoms with Crippen LogP contribution in [0, 0.1) is 5.92 Å². The summed E-state index contributed by atoms with van der Waals surface area (Å²) in [6.45, 7) is 0. The predicted octanol–water partition coefficient (Wildman–Crippen LogP) is 2.66. The number of carboxylic acids is 1. The van der Waals surface area contributed by atoms with Crippen LogP contribution >= 0.6 is 0 Å². The van der Waals surface area contributed by atoms with Gasteiger partial charge in [-0.1, -0.05) is 57.8 Å². The molecule has 0 aromatic heterocycles. The van der Waals surface area contributed by atoms with Crippen molar-refractivity contribution in [1.82, 2.24) is 0 Å². The highest BCUT2D eigenvalue weighted by molar-refractivity contribution is 5.67. The molecule has 1 aliphatic carbocycles. The molecule has 0 spiro atoms. The molecule has 2 heteroatoms. The minimum absolute atomic E-state index is 0.176. The Labute approximate surface area is 93.1 Å². The van der Waals surface area contributed by atoms with Crippen LogP contribution in [0.3, 0.4) is 0 Å². The molecular weight excluding hydrogens is 188 g/mol. The third-order valence-corrected chi connectivity index (χ3v) is 3.44. The normalized spacial score (nSPS) is 22.7. The van der Waals surface area contributed by atoms with Crippen LogP contribution in [0.4, 0.5) is 0 Å². The molecule has 0 aromatic carbocycles. The first kappa shape index (κ1) is 12.5. The van der Waals surface area contributed by atoms with Crippen LogP contribution < -0.4 is 5.11 Å². The van der Waals surface area contributed by atoms with Gasteiger partial charge in [-0.25, -0.2) is 0 Å². The Morgan fingerprint density at radius 2 is 1.07 bits per heavy atom. The molecule has 0 aliphatic heterocycles. The van der Waals surface area contributed by atoms with E-state index < -0.39 is 5.97 Å². The van der Waals surface area contributed by atoms with Crippen LogP contribution in [0.2, 0.25) is 0 Å². The van der Waals surface area contributed by atoms with Crippen LogP contribution in [-0.2, 0) is 4.79 Å². The van der Waals surface area contributed by atoms with Crippen molar-refractivity contribution in [3.05, 3.63) is 0 Å². The molecule has 15 heavy (non-hydrogen) atoms. The predicted molar refractivity (Wildman–Crippen MR) is 59.3 cm³/mol. The van der Waals surface area contributed by atoms with E-state index in [1.165, 1.54) is 44.9 Å². The van der Waals surface area contributed by atoms with Crippen LogP contribution in [0.15, 0.2) is 0 Å². The third kappa shape index (κ3) is 5.81. The summed E-state index contributed by atoms with van der Waals surface area (Å²) in [4.78, 5) is 10.9. The summed E-state index contributed by atoms with van der Waals surface area (Å²) in [6, 6.07) is 0. The Morgan fingerprint density at radius 1 is 0.733 bits per heavy atom. The lowest BCUT2D eigenvalue weighted by Gasteiger charge is -2.18. The summed E-state index contributed by atoms with van der Waals surface area (Å²) in [5.41, 5.74) is 0. The number of carbonyl (C=O) groups is 1. The first-order chi connectivity index (χ1) is 7.30. The zero-order valence-electron chi connectivity index (χ0n) is 9.67. The standard InChI is InChI=1S/C13H24O2/c14-13(15)12-10-8-6-4-2-1-3-5-7-9-11-12/h12H,1-11H2,(H,14,15)/p-1. The van der Waals surface area contributed by atoms with E-state index in [1.807, 2.05) is 0 Å². The lowest BCUT2D eigenvalue weighted by atomic mass is 9.93. The van der Waals surface area contributed by atoms with Gasteiger partial charge in [0.15, 0.2) is 0 Å². The van der Waals surface area contributed by atoms with Gasteiger partial charge in [-0.15, -0.1) is 0 Å². The van der Waals surface area contributed by atoms with E-state index >= 15 is 0 Å². The average Bonchev–Trinajstić information content (AvgIpc) is 2.18. The van der Waals surface area contributed by atoms with Gasteiger partial charge in [0.1, 0.15) is 0 Å². The van der Waals surface area contributed by atoms with Gasteiger partial charge in [-0.3, -0.25) is 0 Å². The van der Waals surface area contributed by atoms with Crippen molar-refractivity contribution in [2.75, 3.05) is 0 Å². The van der Waals surface area contributed by atoms with Crippen molar-refractivity contribution in [1.29, 1.82) is 0 Å².